The molecular formula is C20H22Cl2N2O4S. The molecule has 156 valence electrons. The zero-order valence-corrected chi connectivity index (χ0v) is 18.3. The van der Waals surface area contributed by atoms with Crippen LogP contribution in [0.25, 0.3) is 11.3 Å². The number of aromatic nitrogens is 1. The molecule has 2 atom stereocenters. The molecule has 6 nitrogen and oxygen atoms in total. The molecule has 9 heteroatoms. The first kappa shape index (κ1) is 22.0. The van der Waals surface area contributed by atoms with Crippen LogP contribution in [0.4, 0.5) is 5.13 Å². The molecule has 1 unspecified atom stereocenters. The van der Waals surface area contributed by atoms with Gasteiger partial charge in [0.1, 0.15) is 0 Å². The van der Waals surface area contributed by atoms with E-state index in [1.165, 1.54) is 16.2 Å². The lowest BCUT2D eigenvalue weighted by Crippen LogP contribution is -2.37. The van der Waals surface area contributed by atoms with Gasteiger partial charge in [-0.3, -0.25) is 14.5 Å². The van der Waals surface area contributed by atoms with Crippen molar-refractivity contribution in [2.24, 2.45) is 5.92 Å². The van der Waals surface area contributed by atoms with Crippen LogP contribution in [0.3, 0.4) is 0 Å². The number of hydrogen-bond acceptors (Lipinski definition) is 5. The van der Waals surface area contributed by atoms with Gasteiger partial charge in [0.25, 0.3) is 0 Å². The number of benzene rings is 1. The molecule has 1 saturated heterocycles. The van der Waals surface area contributed by atoms with Gasteiger partial charge < -0.3 is 9.84 Å². The van der Waals surface area contributed by atoms with Gasteiger partial charge in [-0.05, 0) is 43.9 Å². The summed E-state index contributed by atoms with van der Waals surface area (Å²) in [5.74, 6) is -1.94. The highest BCUT2D eigenvalue weighted by atomic mass is 35.5. The Morgan fingerprint density at radius 1 is 1.38 bits per heavy atom. The van der Waals surface area contributed by atoms with Crippen molar-refractivity contribution >= 4 is 51.5 Å². The van der Waals surface area contributed by atoms with Gasteiger partial charge in [-0.2, -0.15) is 0 Å². The van der Waals surface area contributed by atoms with E-state index in [9.17, 15) is 14.7 Å². The Hall–Kier alpha value is -1.67. The summed E-state index contributed by atoms with van der Waals surface area (Å²) >= 11 is 13.6. The fraction of sp³-hybridized carbons (Fsp3) is 0.450. The summed E-state index contributed by atoms with van der Waals surface area (Å²) in [4.78, 5) is 30.3. The number of hydrogen-bond donors (Lipinski definition) is 1. The highest BCUT2D eigenvalue weighted by Crippen LogP contribution is 2.34. The van der Waals surface area contributed by atoms with E-state index in [0.717, 1.165) is 19.3 Å². The number of carbonyl (C=O) groups is 2. The lowest BCUT2D eigenvalue weighted by atomic mass is 9.93. The standard InChI is InChI=1S/C20H22Cl2N2O4S/c1-24(19(27)12(9-18(25)26)8-14-4-2-3-7-28-14)20-23-17(11-29-20)15-10-13(21)5-6-16(15)22/h5-6,10-12,14H,2-4,7-9H2,1H3,(H,25,26)/t12-,14?/m1/s1. The molecule has 0 aliphatic carbocycles. The smallest absolute Gasteiger partial charge is 0.304 e. The van der Waals surface area contributed by atoms with Crippen LogP contribution in [0.5, 0.6) is 0 Å². The summed E-state index contributed by atoms with van der Waals surface area (Å²) in [6, 6.07) is 5.11. The second-order valence-corrected chi connectivity index (χ2v) is 8.74. The van der Waals surface area contributed by atoms with Gasteiger partial charge >= 0.3 is 5.97 Å². The second kappa shape index (κ2) is 9.89. The molecule has 1 aliphatic rings. The van der Waals surface area contributed by atoms with Gasteiger partial charge in [-0.1, -0.05) is 23.2 Å². The number of carbonyl (C=O) groups excluding carboxylic acids is 1. The van der Waals surface area contributed by atoms with Crippen LogP contribution in [-0.4, -0.2) is 41.7 Å². The predicted molar refractivity (Wildman–Crippen MR) is 115 cm³/mol. The van der Waals surface area contributed by atoms with Gasteiger partial charge in [0.15, 0.2) is 5.13 Å². The van der Waals surface area contributed by atoms with Crippen molar-refractivity contribution in [1.82, 2.24) is 4.98 Å². The Balaban J connectivity index is 1.77. The summed E-state index contributed by atoms with van der Waals surface area (Å²) in [7, 11) is 1.61. The fourth-order valence-electron chi connectivity index (χ4n) is 3.40. The zero-order valence-electron chi connectivity index (χ0n) is 15.9. The molecule has 1 amide bonds. The molecule has 0 saturated carbocycles. The maximum Gasteiger partial charge on any atom is 0.304 e. The van der Waals surface area contributed by atoms with E-state index in [-0.39, 0.29) is 18.4 Å². The summed E-state index contributed by atoms with van der Waals surface area (Å²) in [6.07, 6.45) is 2.96. The number of ether oxygens (including phenoxy) is 1. The Morgan fingerprint density at radius 3 is 2.86 bits per heavy atom. The molecule has 1 N–H and O–H groups in total. The maximum absolute atomic E-state index is 13.0. The van der Waals surface area contributed by atoms with E-state index < -0.39 is 11.9 Å². The number of thiazole rings is 1. The molecule has 0 spiro atoms. The first-order valence-corrected chi connectivity index (χ1v) is 11.0. The topological polar surface area (TPSA) is 79.7 Å². The molecule has 3 rings (SSSR count). The molecular weight excluding hydrogens is 435 g/mol. The van der Waals surface area contributed by atoms with Crippen LogP contribution in [0, 0.1) is 5.92 Å². The molecule has 1 fully saturated rings. The Kier molecular flexibility index (Phi) is 7.51. The Bertz CT molecular complexity index is 883. The number of amides is 1. The van der Waals surface area contributed by atoms with Crippen molar-refractivity contribution in [3.63, 3.8) is 0 Å². The highest BCUT2D eigenvalue weighted by Gasteiger charge is 2.30. The minimum Gasteiger partial charge on any atom is -0.481 e. The van der Waals surface area contributed by atoms with Crippen molar-refractivity contribution in [2.45, 2.75) is 38.2 Å². The Labute approximate surface area is 183 Å². The number of rotatable bonds is 7. The van der Waals surface area contributed by atoms with Crippen molar-refractivity contribution in [1.29, 1.82) is 0 Å². The molecule has 0 bridgehead atoms. The van der Waals surface area contributed by atoms with Gasteiger partial charge in [-0.25, -0.2) is 4.98 Å². The lowest BCUT2D eigenvalue weighted by Gasteiger charge is -2.27. The van der Waals surface area contributed by atoms with E-state index in [1.807, 2.05) is 0 Å². The number of anilines is 1. The van der Waals surface area contributed by atoms with Crippen LogP contribution in [0.2, 0.25) is 10.0 Å². The second-order valence-electron chi connectivity index (χ2n) is 7.06. The first-order valence-electron chi connectivity index (χ1n) is 9.37. The van der Waals surface area contributed by atoms with Crippen LogP contribution in [-0.2, 0) is 14.3 Å². The summed E-state index contributed by atoms with van der Waals surface area (Å²) in [6.45, 7) is 0.657. The van der Waals surface area contributed by atoms with Crippen molar-refractivity contribution < 1.29 is 19.4 Å². The van der Waals surface area contributed by atoms with E-state index in [2.05, 4.69) is 4.98 Å². The molecule has 1 aromatic carbocycles. The number of nitrogens with zero attached hydrogens (tertiary/aromatic N) is 2. The average Bonchev–Trinajstić information content (AvgIpc) is 3.18. The number of halogens is 2. The predicted octanol–water partition coefficient (Wildman–Crippen LogP) is 5.13. The normalized spacial score (nSPS) is 17.7. The third kappa shape index (κ3) is 5.69. The molecule has 2 heterocycles. The van der Waals surface area contributed by atoms with Crippen LogP contribution in [0.1, 0.15) is 32.1 Å². The summed E-state index contributed by atoms with van der Waals surface area (Å²) < 4.78 is 5.71. The van der Waals surface area contributed by atoms with Crippen LogP contribution >= 0.6 is 34.5 Å². The molecule has 29 heavy (non-hydrogen) atoms. The molecule has 2 aromatic rings. The van der Waals surface area contributed by atoms with Gasteiger partial charge in [0.05, 0.1) is 29.2 Å². The third-order valence-electron chi connectivity index (χ3n) is 4.91. The number of carboxylic acid groups (broad SMARTS) is 1. The quantitative estimate of drug-likeness (QED) is 0.624. The first-order chi connectivity index (χ1) is 13.8. The zero-order chi connectivity index (χ0) is 21.0. The third-order valence-corrected chi connectivity index (χ3v) is 6.39. The number of carboxylic acids is 1. The summed E-state index contributed by atoms with van der Waals surface area (Å²) in [5, 5.41) is 12.6. The van der Waals surface area contributed by atoms with Crippen molar-refractivity contribution in [3.8, 4) is 11.3 Å². The SMILES string of the molecule is CN(C(=O)[C@@H](CC(=O)O)CC1CCCCO1)c1nc(-c2cc(Cl)ccc2Cl)cs1. The van der Waals surface area contributed by atoms with E-state index >= 15 is 0 Å². The van der Waals surface area contributed by atoms with Crippen LogP contribution in [0.15, 0.2) is 23.6 Å². The largest absolute Gasteiger partial charge is 0.481 e. The molecule has 1 aliphatic heterocycles. The van der Waals surface area contributed by atoms with Gasteiger partial charge in [0.2, 0.25) is 5.91 Å². The summed E-state index contributed by atoms with van der Waals surface area (Å²) in [5.41, 5.74) is 1.29. The van der Waals surface area contributed by atoms with E-state index in [4.69, 9.17) is 27.9 Å². The minimum absolute atomic E-state index is 0.0810. The van der Waals surface area contributed by atoms with Crippen molar-refractivity contribution in [3.05, 3.63) is 33.6 Å². The van der Waals surface area contributed by atoms with Gasteiger partial charge in [-0.15, -0.1) is 11.3 Å². The lowest BCUT2D eigenvalue weighted by molar-refractivity contribution is -0.141. The average molecular weight is 457 g/mol. The van der Waals surface area contributed by atoms with Crippen LogP contribution < -0.4 is 4.90 Å². The monoisotopic (exact) mass is 456 g/mol. The van der Waals surface area contributed by atoms with E-state index in [1.54, 1.807) is 30.6 Å². The highest BCUT2D eigenvalue weighted by molar-refractivity contribution is 7.14. The molecule has 1 aromatic heterocycles. The van der Waals surface area contributed by atoms with Gasteiger partial charge in [0, 0.05) is 29.6 Å². The Morgan fingerprint density at radius 2 is 2.17 bits per heavy atom. The number of aliphatic carboxylic acids is 1. The molecule has 0 radical (unpaired) electrons. The van der Waals surface area contributed by atoms with Crippen molar-refractivity contribution in [2.75, 3.05) is 18.6 Å². The fourth-order valence-corrected chi connectivity index (χ4v) is 4.58. The maximum atomic E-state index is 13.0. The minimum atomic E-state index is -1.00. The van der Waals surface area contributed by atoms with E-state index in [0.29, 0.717) is 39.5 Å².